The summed E-state index contributed by atoms with van der Waals surface area (Å²) in [6, 6.07) is 11.1. The lowest BCUT2D eigenvalue weighted by atomic mass is 10.1. The van der Waals surface area contributed by atoms with Crippen LogP contribution in [0.4, 0.5) is 5.82 Å². The van der Waals surface area contributed by atoms with E-state index >= 15 is 0 Å². The van der Waals surface area contributed by atoms with Gasteiger partial charge in [-0.1, -0.05) is 29.8 Å². The van der Waals surface area contributed by atoms with E-state index in [1.807, 2.05) is 24.3 Å². The summed E-state index contributed by atoms with van der Waals surface area (Å²) in [5.41, 5.74) is 1.47. The molecule has 1 amide bonds. The van der Waals surface area contributed by atoms with Gasteiger partial charge in [-0.25, -0.2) is 0 Å². The second-order valence-corrected chi connectivity index (χ2v) is 5.04. The molecule has 0 aliphatic heterocycles. The second kappa shape index (κ2) is 8.14. The molecule has 5 nitrogen and oxygen atoms in total. The first-order chi connectivity index (χ1) is 10.7. The third-order valence-corrected chi connectivity index (χ3v) is 3.19. The fraction of sp³-hybridized carbons (Fsp3) is 0.188. The van der Waals surface area contributed by atoms with Gasteiger partial charge in [-0.3, -0.25) is 4.79 Å². The monoisotopic (exact) mass is 316 g/mol. The second-order valence-electron chi connectivity index (χ2n) is 4.61. The average Bonchev–Trinajstić information content (AvgIpc) is 2.55. The Labute approximate surface area is 134 Å². The molecule has 22 heavy (non-hydrogen) atoms. The van der Waals surface area contributed by atoms with Crippen molar-refractivity contribution in [3.05, 3.63) is 65.3 Å². The van der Waals surface area contributed by atoms with Crippen molar-refractivity contribution in [2.45, 2.75) is 6.42 Å². The van der Waals surface area contributed by atoms with Gasteiger partial charge < -0.3 is 10.6 Å². The minimum absolute atomic E-state index is 0.264. The van der Waals surface area contributed by atoms with E-state index in [1.54, 1.807) is 18.2 Å². The molecule has 0 aliphatic rings. The molecule has 1 heterocycles. The van der Waals surface area contributed by atoms with Gasteiger partial charge >= 0.3 is 0 Å². The SMILES string of the molecule is C=CCNC(=O)c1ccc(NCCc2ccc(Cl)cc2)nn1. The van der Waals surface area contributed by atoms with Gasteiger partial charge in [0.15, 0.2) is 5.69 Å². The van der Waals surface area contributed by atoms with Gasteiger partial charge in [-0.15, -0.1) is 16.8 Å². The van der Waals surface area contributed by atoms with Gasteiger partial charge in [0.2, 0.25) is 0 Å². The highest BCUT2D eigenvalue weighted by Crippen LogP contribution is 2.10. The lowest BCUT2D eigenvalue weighted by Gasteiger charge is -2.06. The zero-order valence-electron chi connectivity index (χ0n) is 12.1. The molecule has 0 saturated carbocycles. The Morgan fingerprint density at radius 2 is 1.95 bits per heavy atom. The van der Waals surface area contributed by atoms with Crippen LogP contribution < -0.4 is 10.6 Å². The topological polar surface area (TPSA) is 66.9 Å². The molecule has 2 aromatic rings. The highest BCUT2D eigenvalue weighted by molar-refractivity contribution is 6.30. The van der Waals surface area contributed by atoms with E-state index in [0.29, 0.717) is 12.4 Å². The predicted molar refractivity (Wildman–Crippen MR) is 88.2 cm³/mol. The number of halogens is 1. The van der Waals surface area contributed by atoms with Crippen molar-refractivity contribution in [2.24, 2.45) is 0 Å². The molecule has 2 rings (SSSR count). The van der Waals surface area contributed by atoms with Gasteiger partial charge in [-0.05, 0) is 36.2 Å². The number of rotatable bonds is 7. The number of carbonyl (C=O) groups is 1. The molecule has 114 valence electrons. The summed E-state index contributed by atoms with van der Waals surface area (Å²) >= 11 is 5.84. The summed E-state index contributed by atoms with van der Waals surface area (Å²) in [6.07, 6.45) is 2.46. The number of nitrogens with one attached hydrogen (secondary N) is 2. The first-order valence-corrected chi connectivity index (χ1v) is 7.28. The summed E-state index contributed by atoms with van der Waals surface area (Å²) in [6.45, 7) is 4.66. The maximum Gasteiger partial charge on any atom is 0.272 e. The Bertz CT molecular complexity index is 626. The Kier molecular flexibility index (Phi) is 5.91. The molecule has 6 heteroatoms. The molecule has 0 saturated heterocycles. The molecule has 0 spiro atoms. The smallest absolute Gasteiger partial charge is 0.272 e. The van der Waals surface area contributed by atoms with Crippen LogP contribution in [0.15, 0.2) is 49.1 Å². The first-order valence-electron chi connectivity index (χ1n) is 6.90. The van der Waals surface area contributed by atoms with Crippen LogP contribution in [0.3, 0.4) is 0 Å². The van der Waals surface area contributed by atoms with E-state index in [4.69, 9.17) is 11.6 Å². The highest BCUT2D eigenvalue weighted by Gasteiger charge is 2.06. The molecule has 0 aliphatic carbocycles. The number of aromatic nitrogens is 2. The lowest BCUT2D eigenvalue weighted by Crippen LogP contribution is -2.24. The van der Waals surface area contributed by atoms with Crippen LogP contribution in [-0.4, -0.2) is 29.2 Å². The fourth-order valence-electron chi connectivity index (χ4n) is 1.79. The van der Waals surface area contributed by atoms with Crippen molar-refractivity contribution in [1.82, 2.24) is 15.5 Å². The Hall–Kier alpha value is -2.40. The minimum Gasteiger partial charge on any atom is -0.368 e. The van der Waals surface area contributed by atoms with Gasteiger partial charge in [0.05, 0.1) is 0 Å². The summed E-state index contributed by atoms with van der Waals surface area (Å²) in [7, 11) is 0. The molecule has 0 fully saturated rings. The van der Waals surface area contributed by atoms with Crippen LogP contribution in [0.2, 0.25) is 5.02 Å². The molecule has 0 radical (unpaired) electrons. The van der Waals surface area contributed by atoms with Crippen molar-refractivity contribution in [2.75, 3.05) is 18.4 Å². The van der Waals surface area contributed by atoms with E-state index in [2.05, 4.69) is 27.4 Å². The fourth-order valence-corrected chi connectivity index (χ4v) is 1.92. The van der Waals surface area contributed by atoms with Crippen molar-refractivity contribution in [3.8, 4) is 0 Å². The molecule has 0 unspecified atom stereocenters. The Balaban J connectivity index is 1.82. The van der Waals surface area contributed by atoms with Crippen molar-refractivity contribution < 1.29 is 4.79 Å². The van der Waals surface area contributed by atoms with Crippen molar-refractivity contribution in [3.63, 3.8) is 0 Å². The molecular formula is C16H17ClN4O. The average molecular weight is 317 g/mol. The number of benzene rings is 1. The van der Waals surface area contributed by atoms with Crippen LogP contribution in [0.25, 0.3) is 0 Å². The Morgan fingerprint density at radius 3 is 2.59 bits per heavy atom. The van der Waals surface area contributed by atoms with Crippen LogP contribution in [0.1, 0.15) is 16.1 Å². The van der Waals surface area contributed by atoms with Crippen molar-refractivity contribution in [1.29, 1.82) is 0 Å². The number of anilines is 1. The molecule has 0 bridgehead atoms. The number of amides is 1. The van der Waals surface area contributed by atoms with Crippen molar-refractivity contribution >= 4 is 23.3 Å². The van der Waals surface area contributed by atoms with Crippen LogP contribution in [-0.2, 0) is 6.42 Å². The van der Waals surface area contributed by atoms with E-state index < -0.39 is 0 Å². The van der Waals surface area contributed by atoms with Gasteiger partial charge in [-0.2, -0.15) is 0 Å². The maximum absolute atomic E-state index is 11.6. The largest absolute Gasteiger partial charge is 0.368 e. The molecular weight excluding hydrogens is 300 g/mol. The standard InChI is InChI=1S/C16H17ClN4O/c1-2-10-19-16(22)14-7-8-15(21-20-14)18-11-9-12-3-5-13(17)6-4-12/h2-8H,1,9-11H2,(H,18,21)(H,19,22). The maximum atomic E-state index is 11.6. The van der Waals surface area contributed by atoms with E-state index in [1.165, 1.54) is 5.56 Å². The van der Waals surface area contributed by atoms with Crippen LogP contribution in [0.5, 0.6) is 0 Å². The number of hydrogen-bond acceptors (Lipinski definition) is 4. The summed E-state index contributed by atoms with van der Waals surface area (Å²) in [5.74, 6) is 0.370. The molecule has 0 atom stereocenters. The van der Waals surface area contributed by atoms with Crippen LogP contribution >= 0.6 is 11.6 Å². The normalized spacial score (nSPS) is 10.0. The zero-order valence-corrected chi connectivity index (χ0v) is 12.8. The molecule has 1 aromatic carbocycles. The van der Waals surface area contributed by atoms with Gasteiger partial charge in [0, 0.05) is 18.1 Å². The Morgan fingerprint density at radius 1 is 1.18 bits per heavy atom. The molecule has 1 aromatic heterocycles. The van der Waals surface area contributed by atoms with E-state index in [9.17, 15) is 4.79 Å². The minimum atomic E-state index is -0.264. The van der Waals surface area contributed by atoms with E-state index in [0.717, 1.165) is 18.0 Å². The summed E-state index contributed by atoms with van der Waals surface area (Å²) in [4.78, 5) is 11.6. The van der Waals surface area contributed by atoms with Gasteiger partial charge in [0.25, 0.3) is 5.91 Å². The summed E-state index contributed by atoms with van der Waals surface area (Å²) in [5, 5.41) is 14.4. The number of hydrogen-bond donors (Lipinski definition) is 2. The van der Waals surface area contributed by atoms with E-state index in [-0.39, 0.29) is 11.6 Å². The summed E-state index contributed by atoms with van der Waals surface area (Å²) < 4.78 is 0. The number of carbonyl (C=O) groups excluding carboxylic acids is 1. The lowest BCUT2D eigenvalue weighted by molar-refractivity contribution is 0.0952. The highest BCUT2D eigenvalue weighted by atomic mass is 35.5. The quantitative estimate of drug-likeness (QED) is 0.771. The molecule has 2 N–H and O–H groups in total. The predicted octanol–water partition coefficient (Wildman–Crippen LogP) is 2.70. The van der Waals surface area contributed by atoms with Crippen LogP contribution in [0, 0.1) is 0 Å². The first kappa shape index (κ1) is 16.0. The van der Waals surface area contributed by atoms with Gasteiger partial charge in [0.1, 0.15) is 5.82 Å². The zero-order chi connectivity index (χ0) is 15.8. The third kappa shape index (κ3) is 4.86. The number of nitrogens with zero attached hydrogens (tertiary/aromatic N) is 2. The third-order valence-electron chi connectivity index (χ3n) is 2.94.